The number of aromatic nitrogens is 2. The zero-order valence-electron chi connectivity index (χ0n) is 8.56. The summed E-state index contributed by atoms with van der Waals surface area (Å²) in [5.41, 5.74) is 0. The van der Waals surface area contributed by atoms with Crippen molar-refractivity contribution in [2.45, 2.75) is 19.9 Å². The van der Waals surface area contributed by atoms with Gasteiger partial charge in [-0.2, -0.15) is 16.7 Å². The van der Waals surface area contributed by atoms with E-state index >= 15 is 0 Å². The molecule has 0 aliphatic carbocycles. The molecule has 1 fully saturated rings. The summed E-state index contributed by atoms with van der Waals surface area (Å²) in [4.78, 5) is 6.65. The topological polar surface area (TPSA) is 42.2 Å². The fourth-order valence-corrected chi connectivity index (χ4v) is 2.54. The van der Waals surface area contributed by atoms with E-state index in [9.17, 15) is 0 Å². The van der Waals surface area contributed by atoms with Gasteiger partial charge in [-0.25, -0.2) is 0 Å². The molecule has 1 aromatic rings. The maximum atomic E-state index is 5.17. The molecule has 0 radical (unpaired) electrons. The van der Waals surface area contributed by atoms with Crippen LogP contribution in [0.2, 0.25) is 0 Å². The number of aryl methyl sites for hydroxylation is 1. The lowest BCUT2D eigenvalue weighted by Crippen LogP contribution is -2.34. The van der Waals surface area contributed by atoms with Crippen LogP contribution in [0.15, 0.2) is 4.52 Å². The first-order valence-corrected chi connectivity index (χ1v) is 6.05. The maximum absolute atomic E-state index is 5.17. The molecule has 5 heteroatoms. The summed E-state index contributed by atoms with van der Waals surface area (Å²) < 4.78 is 5.17. The van der Waals surface area contributed by atoms with E-state index in [1.807, 2.05) is 18.7 Å². The standard InChI is InChI=1S/C9H15N3OS/c1-7(9-10-8(2)11-13-9)12-3-5-14-6-4-12/h7H,3-6H2,1-2H3/t7-/m1/s1. The lowest BCUT2D eigenvalue weighted by molar-refractivity contribution is 0.189. The Bertz CT molecular complexity index is 296. The third kappa shape index (κ3) is 2.09. The minimum atomic E-state index is 0.261. The second-order valence-corrected chi connectivity index (χ2v) is 4.73. The molecule has 0 unspecified atom stereocenters. The molecule has 1 aliphatic rings. The van der Waals surface area contributed by atoms with Gasteiger partial charge < -0.3 is 4.52 Å². The Morgan fingerprint density at radius 1 is 1.43 bits per heavy atom. The Morgan fingerprint density at radius 3 is 2.71 bits per heavy atom. The van der Waals surface area contributed by atoms with Crippen LogP contribution in [0.1, 0.15) is 24.7 Å². The lowest BCUT2D eigenvalue weighted by atomic mass is 10.3. The molecular formula is C9H15N3OS. The smallest absolute Gasteiger partial charge is 0.243 e. The van der Waals surface area contributed by atoms with Gasteiger partial charge in [-0.1, -0.05) is 5.16 Å². The highest BCUT2D eigenvalue weighted by Crippen LogP contribution is 2.21. The third-order valence-corrected chi connectivity index (χ3v) is 3.44. The second kappa shape index (κ2) is 4.31. The number of nitrogens with zero attached hydrogens (tertiary/aromatic N) is 3. The fraction of sp³-hybridized carbons (Fsp3) is 0.778. The van der Waals surface area contributed by atoms with Crippen molar-refractivity contribution in [1.29, 1.82) is 0 Å². The van der Waals surface area contributed by atoms with Gasteiger partial charge in [0.2, 0.25) is 5.89 Å². The van der Waals surface area contributed by atoms with Crippen molar-refractivity contribution < 1.29 is 4.52 Å². The van der Waals surface area contributed by atoms with Crippen molar-refractivity contribution in [3.63, 3.8) is 0 Å². The summed E-state index contributed by atoms with van der Waals surface area (Å²) >= 11 is 2.01. The molecule has 0 bridgehead atoms. The quantitative estimate of drug-likeness (QED) is 0.744. The monoisotopic (exact) mass is 213 g/mol. The van der Waals surface area contributed by atoms with Crippen LogP contribution in [0.25, 0.3) is 0 Å². The number of hydrogen-bond acceptors (Lipinski definition) is 5. The Labute approximate surface area is 88.0 Å². The Balaban J connectivity index is 2.03. The number of hydrogen-bond donors (Lipinski definition) is 0. The first-order valence-electron chi connectivity index (χ1n) is 4.89. The van der Waals surface area contributed by atoms with Crippen LogP contribution in [0.5, 0.6) is 0 Å². The van der Waals surface area contributed by atoms with E-state index in [2.05, 4.69) is 22.0 Å². The number of rotatable bonds is 2. The lowest BCUT2D eigenvalue weighted by Gasteiger charge is -2.29. The van der Waals surface area contributed by atoms with Crippen LogP contribution in [-0.2, 0) is 0 Å². The van der Waals surface area contributed by atoms with Crippen LogP contribution in [0.3, 0.4) is 0 Å². The van der Waals surface area contributed by atoms with Gasteiger partial charge in [-0.3, -0.25) is 4.90 Å². The molecule has 0 spiro atoms. The van der Waals surface area contributed by atoms with Crippen molar-refractivity contribution in [2.24, 2.45) is 0 Å². The van der Waals surface area contributed by atoms with E-state index in [-0.39, 0.29) is 6.04 Å². The summed E-state index contributed by atoms with van der Waals surface area (Å²) in [6, 6.07) is 0.261. The predicted molar refractivity (Wildman–Crippen MR) is 56.3 cm³/mol. The summed E-state index contributed by atoms with van der Waals surface area (Å²) in [7, 11) is 0. The minimum Gasteiger partial charge on any atom is -0.338 e. The summed E-state index contributed by atoms with van der Waals surface area (Å²) in [5, 5.41) is 3.81. The zero-order chi connectivity index (χ0) is 9.97. The third-order valence-electron chi connectivity index (χ3n) is 2.49. The fourth-order valence-electron chi connectivity index (χ4n) is 1.60. The summed E-state index contributed by atoms with van der Waals surface area (Å²) in [6.07, 6.45) is 0. The SMILES string of the molecule is Cc1noc([C@@H](C)N2CCSCC2)n1. The molecule has 2 rings (SSSR count). The van der Waals surface area contributed by atoms with Crippen LogP contribution in [0.4, 0.5) is 0 Å². The van der Waals surface area contributed by atoms with Gasteiger partial charge in [0.05, 0.1) is 6.04 Å². The summed E-state index contributed by atoms with van der Waals surface area (Å²) in [5.74, 6) is 3.88. The van der Waals surface area contributed by atoms with Crippen LogP contribution < -0.4 is 0 Å². The van der Waals surface area contributed by atoms with E-state index in [0.29, 0.717) is 0 Å². The van der Waals surface area contributed by atoms with Gasteiger partial charge in [0, 0.05) is 24.6 Å². The Morgan fingerprint density at radius 2 is 2.14 bits per heavy atom. The molecule has 0 saturated carbocycles. The molecule has 0 aromatic carbocycles. The zero-order valence-corrected chi connectivity index (χ0v) is 9.38. The highest BCUT2D eigenvalue weighted by molar-refractivity contribution is 7.99. The van der Waals surface area contributed by atoms with Crippen molar-refractivity contribution >= 4 is 11.8 Å². The van der Waals surface area contributed by atoms with Gasteiger partial charge in [-0.15, -0.1) is 0 Å². The molecular weight excluding hydrogens is 198 g/mol. The highest BCUT2D eigenvalue weighted by atomic mass is 32.2. The molecule has 1 aromatic heterocycles. The van der Waals surface area contributed by atoms with Crippen LogP contribution in [-0.4, -0.2) is 39.6 Å². The largest absolute Gasteiger partial charge is 0.338 e. The van der Waals surface area contributed by atoms with E-state index < -0.39 is 0 Å². The maximum Gasteiger partial charge on any atom is 0.243 e. The van der Waals surface area contributed by atoms with Crippen molar-refractivity contribution in [3.05, 3.63) is 11.7 Å². The Kier molecular flexibility index (Phi) is 3.08. The molecule has 1 atom stereocenters. The Hall–Kier alpha value is -0.550. The first-order chi connectivity index (χ1) is 6.77. The molecule has 14 heavy (non-hydrogen) atoms. The molecule has 1 saturated heterocycles. The molecule has 0 amide bonds. The van der Waals surface area contributed by atoms with E-state index in [4.69, 9.17) is 4.52 Å². The average Bonchev–Trinajstić information content (AvgIpc) is 2.65. The molecule has 4 nitrogen and oxygen atoms in total. The molecule has 0 N–H and O–H groups in total. The highest BCUT2D eigenvalue weighted by Gasteiger charge is 2.22. The van der Waals surface area contributed by atoms with Gasteiger partial charge in [0.25, 0.3) is 0 Å². The van der Waals surface area contributed by atoms with E-state index in [1.54, 1.807) is 0 Å². The van der Waals surface area contributed by atoms with Crippen LogP contribution >= 0.6 is 11.8 Å². The normalized spacial score (nSPS) is 21.0. The van der Waals surface area contributed by atoms with Gasteiger partial charge in [0.15, 0.2) is 5.82 Å². The van der Waals surface area contributed by atoms with E-state index in [0.717, 1.165) is 24.8 Å². The molecule has 78 valence electrons. The average molecular weight is 213 g/mol. The first kappa shape index (κ1) is 9.98. The van der Waals surface area contributed by atoms with Gasteiger partial charge in [-0.05, 0) is 13.8 Å². The van der Waals surface area contributed by atoms with Gasteiger partial charge >= 0.3 is 0 Å². The van der Waals surface area contributed by atoms with Crippen molar-refractivity contribution in [1.82, 2.24) is 15.0 Å². The van der Waals surface area contributed by atoms with Crippen molar-refractivity contribution in [2.75, 3.05) is 24.6 Å². The number of thioether (sulfide) groups is 1. The minimum absolute atomic E-state index is 0.261. The second-order valence-electron chi connectivity index (χ2n) is 3.50. The summed E-state index contributed by atoms with van der Waals surface area (Å²) in [6.45, 7) is 6.22. The van der Waals surface area contributed by atoms with Gasteiger partial charge in [0.1, 0.15) is 0 Å². The van der Waals surface area contributed by atoms with Crippen molar-refractivity contribution in [3.8, 4) is 0 Å². The molecule has 1 aliphatic heterocycles. The van der Waals surface area contributed by atoms with E-state index in [1.165, 1.54) is 11.5 Å². The van der Waals surface area contributed by atoms with Crippen LogP contribution in [0, 0.1) is 6.92 Å². The molecule has 2 heterocycles. The predicted octanol–water partition coefficient (Wildman–Crippen LogP) is 1.49.